The number of hydrogen-bond donors (Lipinski definition) is 1. The highest BCUT2D eigenvalue weighted by atomic mass is 16.5. The Bertz CT molecular complexity index is 867. The molecule has 0 unspecified atom stereocenters. The first-order valence-electron chi connectivity index (χ1n) is 9.55. The Balaban J connectivity index is 1.97. The highest BCUT2D eigenvalue weighted by Gasteiger charge is 2.40. The lowest BCUT2D eigenvalue weighted by molar-refractivity contribution is 0.0855. The maximum Gasteiger partial charge on any atom is 0.252 e. The number of aryl methyl sites for hydroxylation is 1. The van der Waals surface area contributed by atoms with E-state index in [4.69, 9.17) is 14.0 Å². The van der Waals surface area contributed by atoms with Crippen molar-refractivity contribution < 1.29 is 18.8 Å². The molecular formula is C21H27N3O4. The van der Waals surface area contributed by atoms with Crippen LogP contribution in [0.5, 0.6) is 11.5 Å². The summed E-state index contributed by atoms with van der Waals surface area (Å²) in [7, 11) is 3.14. The molecule has 7 heteroatoms. The number of allylic oxidation sites excluding steroid dienone is 1. The van der Waals surface area contributed by atoms with Crippen molar-refractivity contribution in [2.75, 3.05) is 14.2 Å². The van der Waals surface area contributed by atoms with Gasteiger partial charge in [0.25, 0.3) is 5.91 Å². The number of methoxy groups -OCH3 is 2. The van der Waals surface area contributed by atoms with Crippen LogP contribution in [0.4, 0.5) is 0 Å². The van der Waals surface area contributed by atoms with Crippen LogP contribution < -0.4 is 14.8 Å². The molecule has 1 aromatic carbocycles. The van der Waals surface area contributed by atoms with E-state index in [1.165, 1.54) is 0 Å². The van der Waals surface area contributed by atoms with E-state index < -0.39 is 5.54 Å². The quantitative estimate of drug-likeness (QED) is 0.808. The summed E-state index contributed by atoms with van der Waals surface area (Å²) in [5, 5.41) is 7.30. The fourth-order valence-electron chi connectivity index (χ4n) is 3.77. The number of nitrogens with zero attached hydrogens (tertiary/aromatic N) is 2. The SMILES string of the molecule is C/C=C/c1cc(C(=O)NC2(c3noc(C)n3)CCCCC2)cc(OC)c1OC. The standard InChI is InChI=1S/C21H27N3O4/c1-5-9-15-12-16(13-17(26-3)18(15)27-4)19(25)23-21(10-7-6-8-11-21)20-22-14(2)28-24-20/h5,9,12-13H,6-8,10-11H2,1-4H3,(H,23,25)/b9-5+. The Kier molecular flexibility index (Phi) is 6.02. The molecule has 28 heavy (non-hydrogen) atoms. The van der Waals surface area contributed by atoms with Gasteiger partial charge in [0, 0.05) is 18.1 Å². The summed E-state index contributed by atoms with van der Waals surface area (Å²) >= 11 is 0. The van der Waals surface area contributed by atoms with E-state index in [0.29, 0.717) is 28.8 Å². The van der Waals surface area contributed by atoms with E-state index in [2.05, 4.69) is 15.5 Å². The number of aromatic nitrogens is 2. The van der Waals surface area contributed by atoms with Gasteiger partial charge in [0.15, 0.2) is 17.3 Å². The van der Waals surface area contributed by atoms with Crippen molar-refractivity contribution in [3.8, 4) is 11.5 Å². The molecule has 0 aliphatic heterocycles. The minimum Gasteiger partial charge on any atom is -0.493 e. The summed E-state index contributed by atoms with van der Waals surface area (Å²) in [4.78, 5) is 17.6. The van der Waals surface area contributed by atoms with Gasteiger partial charge >= 0.3 is 0 Å². The Labute approximate surface area is 165 Å². The molecule has 1 aliphatic rings. The number of nitrogens with one attached hydrogen (secondary N) is 1. The van der Waals surface area contributed by atoms with Gasteiger partial charge in [-0.25, -0.2) is 0 Å². The molecule has 1 aliphatic carbocycles. The van der Waals surface area contributed by atoms with Gasteiger partial charge in [-0.2, -0.15) is 4.98 Å². The molecule has 0 bridgehead atoms. The van der Waals surface area contributed by atoms with Gasteiger partial charge in [-0.05, 0) is 31.9 Å². The molecule has 2 aromatic rings. The number of ether oxygens (including phenoxy) is 2. The predicted molar refractivity (Wildman–Crippen MR) is 106 cm³/mol. The summed E-state index contributed by atoms with van der Waals surface area (Å²) in [5.41, 5.74) is 0.666. The van der Waals surface area contributed by atoms with Crippen molar-refractivity contribution in [2.45, 2.75) is 51.5 Å². The number of amides is 1. The molecule has 1 N–H and O–H groups in total. The Hall–Kier alpha value is -2.83. The number of rotatable bonds is 6. The van der Waals surface area contributed by atoms with E-state index in [1.54, 1.807) is 33.3 Å². The third kappa shape index (κ3) is 3.88. The zero-order valence-electron chi connectivity index (χ0n) is 16.9. The van der Waals surface area contributed by atoms with E-state index >= 15 is 0 Å². The second-order valence-electron chi connectivity index (χ2n) is 7.03. The van der Waals surface area contributed by atoms with Crippen LogP contribution in [-0.4, -0.2) is 30.3 Å². The molecule has 1 amide bonds. The lowest BCUT2D eigenvalue weighted by Gasteiger charge is -2.35. The molecule has 0 atom stereocenters. The summed E-state index contributed by atoms with van der Waals surface area (Å²) in [6.45, 7) is 3.67. The maximum absolute atomic E-state index is 13.2. The predicted octanol–water partition coefficient (Wildman–Crippen LogP) is 4.02. The summed E-state index contributed by atoms with van der Waals surface area (Å²) in [5.74, 6) is 1.95. The Morgan fingerprint density at radius 2 is 1.96 bits per heavy atom. The molecular weight excluding hydrogens is 358 g/mol. The number of carbonyl (C=O) groups is 1. The van der Waals surface area contributed by atoms with Gasteiger partial charge in [0.2, 0.25) is 5.89 Å². The minimum absolute atomic E-state index is 0.198. The van der Waals surface area contributed by atoms with Gasteiger partial charge in [-0.15, -0.1) is 0 Å². The molecule has 0 radical (unpaired) electrons. The fraction of sp³-hybridized carbons (Fsp3) is 0.476. The average Bonchev–Trinajstić information content (AvgIpc) is 3.15. The van der Waals surface area contributed by atoms with Gasteiger partial charge in [0.1, 0.15) is 5.54 Å². The number of benzene rings is 1. The zero-order valence-corrected chi connectivity index (χ0v) is 16.9. The molecule has 1 heterocycles. The molecule has 1 saturated carbocycles. The van der Waals surface area contributed by atoms with Crippen molar-refractivity contribution in [2.24, 2.45) is 0 Å². The van der Waals surface area contributed by atoms with Gasteiger partial charge < -0.3 is 19.3 Å². The molecule has 0 spiro atoms. The van der Waals surface area contributed by atoms with Crippen LogP contribution in [0.15, 0.2) is 22.7 Å². The van der Waals surface area contributed by atoms with Crippen LogP contribution in [0.1, 0.15) is 66.7 Å². The lowest BCUT2D eigenvalue weighted by Crippen LogP contribution is -2.48. The molecule has 1 fully saturated rings. The minimum atomic E-state index is -0.610. The first kappa shape index (κ1) is 19.9. The molecule has 1 aromatic heterocycles. The molecule has 7 nitrogen and oxygen atoms in total. The van der Waals surface area contributed by atoms with E-state index in [9.17, 15) is 4.79 Å². The highest BCUT2D eigenvalue weighted by Crippen LogP contribution is 2.37. The van der Waals surface area contributed by atoms with Crippen LogP contribution >= 0.6 is 0 Å². The smallest absolute Gasteiger partial charge is 0.252 e. The largest absolute Gasteiger partial charge is 0.493 e. The van der Waals surface area contributed by atoms with Crippen LogP contribution in [0.3, 0.4) is 0 Å². The van der Waals surface area contributed by atoms with Crippen molar-refractivity contribution in [1.82, 2.24) is 15.5 Å². The topological polar surface area (TPSA) is 86.5 Å². The average molecular weight is 385 g/mol. The molecule has 150 valence electrons. The third-order valence-electron chi connectivity index (χ3n) is 5.13. The molecule has 3 rings (SSSR count). The summed E-state index contributed by atoms with van der Waals surface area (Å²) < 4.78 is 16.1. The lowest BCUT2D eigenvalue weighted by atomic mass is 9.80. The summed E-state index contributed by atoms with van der Waals surface area (Å²) in [6.07, 6.45) is 8.49. The van der Waals surface area contributed by atoms with Crippen molar-refractivity contribution in [3.05, 3.63) is 41.1 Å². The monoisotopic (exact) mass is 385 g/mol. The van der Waals surface area contributed by atoms with E-state index in [1.807, 2.05) is 19.1 Å². The first-order valence-corrected chi connectivity index (χ1v) is 9.55. The number of carbonyl (C=O) groups excluding carboxylic acids is 1. The molecule has 0 saturated heterocycles. The normalized spacial score (nSPS) is 16.1. The van der Waals surface area contributed by atoms with Gasteiger partial charge in [-0.3, -0.25) is 4.79 Å². The van der Waals surface area contributed by atoms with E-state index in [-0.39, 0.29) is 5.91 Å². The Morgan fingerprint density at radius 3 is 2.54 bits per heavy atom. The fourth-order valence-corrected chi connectivity index (χ4v) is 3.77. The van der Waals surface area contributed by atoms with Crippen LogP contribution in [0.2, 0.25) is 0 Å². The number of hydrogen-bond acceptors (Lipinski definition) is 6. The first-order chi connectivity index (χ1) is 13.5. The van der Waals surface area contributed by atoms with Crippen molar-refractivity contribution in [1.29, 1.82) is 0 Å². The Morgan fingerprint density at radius 1 is 1.21 bits per heavy atom. The second kappa shape index (κ2) is 8.46. The highest BCUT2D eigenvalue weighted by molar-refractivity contribution is 5.96. The van der Waals surface area contributed by atoms with Crippen molar-refractivity contribution >= 4 is 12.0 Å². The van der Waals surface area contributed by atoms with Gasteiger partial charge in [-0.1, -0.05) is 36.6 Å². The van der Waals surface area contributed by atoms with Gasteiger partial charge in [0.05, 0.1) is 14.2 Å². The zero-order chi connectivity index (χ0) is 20.1. The van der Waals surface area contributed by atoms with Crippen LogP contribution in [0.25, 0.3) is 6.08 Å². The third-order valence-corrected chi connectivity index (χ3v) is 5.13. The van der Waals surface area contributed by atoms with Crippen molar-refractivity contribution in [3.63, 3.8) is 0 Å². The van der Waals surface area contributed by atoms with Crippen LogP contribution in [-0.2, 0) is 5.54 Å². The summed E-state index contributed by atoms with van der Waals surface area (Å²) in [6, 6.07) is 3.49. The maximum atomic E-state index is 13.2. The van der Waals surface area contributed by atoms with Crippen LogP contribution in [0, 0.1) is 6.92 Å². The van der Waals surface area contributed by atoms with E-state index in [0.717, 1.165) is 37.7 Å². The second-order valence-corrected chi connectivity index (χ2v) is 7.03.